The number of halogens is 1. The van der Waals surface area contributed by atoms with Crippen molar-refractivity contribution in [2.75, 3.05) is 19.8 Å². The molecule has 0 aliphatic heterocycles. The highest BCUT2D eigenvalue weighted by Gasteiger charge is 2.28. The Hall–Kier alpha value is -0.560. The van der Waals surface area contributed by atoms with E-state index in [0.29, 0.717) is 23.8 Å². The fraction of sp³-hybridized carbons (Fsp3) is 0.500. The van der Waals surface area contributed by atoms with Crippen LogP contribution in [0.1, 0.15) is 25.5 Å². The molecular weight excluding hydrogens is 335 g/mol. The average molecular weight is 353 g/mol. The summed E-state index contributed by atoms with van der Waals surface area (Å²) >= 11 is 11.5. The lowest BCUT2D eigenvalue weighted by Crippen LogP contribution is -2.27. The number of hydrogen-bond acceptors (Lipinski definition) is 5. The van der Waals surface area contributed by atoms with Gasteiger partial charge in [-0.05, 0) is 37.3 Å². The van der Waals surface area contributed by atoms with E-state index in [1.54, 1.807) is 38.1 Å². The number of nitro groups is 1. The van der Waals surface area contributed by atoms with Crippen molar-refractivity contribution in [3.63, 3.8) is 0 Å². The molecule has 1 atom stereocenters. The molecule has 0 spiro atoms. The Balaban J connectivity index is 3.05. The van der Waals surface area contributed by atoms with Crippen LogP contribution in [0.2, 0.25) is 5.02 Å². The summed E-state index contributed by atoms with van der Waals surface area (Å²) in [5.74, 6) is 0. The average Bonchev–Trinajstić information content (AvgIpc) is 2.38. The Morgan fingerprint density at radius 2 is 1.95 bits per heavy atom. The van der Waals surface area contributed by atoms with E-state index in [9.17, 15) is 10.1 Å². The van der Waals surface area contributed by atoms with Crippen molar-refractivity contribution >= 4 is 30.1 Å². The van der Waals surface area contributed by atoms with E-state index in [1.807, 2.05) is 0 Å². The molecule has 1 N–H and O–H groups in total. The fourth-order valence-corrected chi connectivity index (χ4v) is 4.55. The minimum Gasteiger partial charge on any atom is -0.318 e. The number of rotatable bonds is 9. The molecule has 0 amide bonds. The van der Waals surface area contributed by atoms with Crippen molar-refractivity contribution in [1.29, 1.82) is 0 Å². The lowest BCUT2D eigenvalue weighted by Gasteiger charge is -2.26. The molecule has 0 aliphatic rings. The van der Waals surface area contributed by atoms with Gasteiger partial charge in [0, 0.05) is 9.95 Å². The summed E-state index contributed by atoms with van der Waals surface area (Å²) < 4.78 is 10.9. The van der Waals surface area contributed by atoms with E-state index in [1.165, 1.54) is 0 Å². The quantitative estimate of drug-likeness (QED) is 0.416. The lowest BCUT2D eigenvalue weighted by atomic mass is 10.1. The van der Waals surface area contributed by atoms with Crippen LogP contribution in [0.25, 0.3) is 0 Å². The minimum atomic E-state index is -2.80. The van der Waals surface area contributed by atoms with Crippen LogP contribution in [0.15, 0.2) is 24.3 Å². The second-order valence-electron chi connectivity index (χ2n) is 4.05. The molecule has 0 bridgehead atoms. The van der Waals surface area contributed by atoms with Gasteiger partial charge in [0.1, 0.15) is 6.04 Å². The molecular formula is C12H18ClN2O4PS. The van der Waals surface area contributed by atoms with E-state index in [0.717, 1.165) is 0 Å². The molecule has 6 nitrogen and oxygen atoms in total. The number of nitrogens with zero attached hydrogens (tertiary/aromatic N) is 1. The van der Waals surface area contributed by atoms with E-state index in [4.69, 9.17) is 32.5 Å². The zero-order valence-corrected chi connectivity index (χ0v) is 14.3. The molecule has 0 fully saturated rings. The standard InChI is InChI=1S/C12H18ClN2O4PS/c1-3-18-20(21,19-4-2)14-12(9-15(16)17)10-7-5-6-8-11(10)13/h5-8,12H,3-4,9H2,1-2H3,(H,14,21)/t12-/m0/s1. The number of benzene rings is 1. The first kappa shape index (κ1) is 18.5. The monoisotopic (exact) mass is 352 g/mol. The SMILES string of the molecule is CCOP(=S)(N[C@@H](C[N+](=O)[O-])c1ccccc1Cl)OCC. The smallest absolute Gasteiger partial charge is 0.261 e. The van der Waals surface area contributed by atoms with E-state index >= 15 is 0 Å². The fourth-order valence-electron chi connectivity index (χ4n) is 1.76. The first-order valence-corrected chi connectivity index (χ1v) is 9.46. The first-order valence-electron chi connectivity index (χ1n) is 6.45. The number of hydrogen-bond donors (Lipinski definition) is 1. The Bertz CT molecular complexity index is 522. The summed E-state index contributed by atoms with van der Waals surface area (Å²) in [6.45, 7) is 1.15. The van der Waals surface area contributed by atoms with E-state index < -0.39 is 17.6 Å². The second-order valence-corrected chi connectivity index (χ2v) is 7.67. The maximum Gasteiger partial charge on any atom is 0.261 e. The van der Waals surface area contributed by atoms with Crippen molar-refractivity contribution in [3.05, 3.63) is 45.0 Å². The third-order valence-corrected chi connectivity index (χ3v) is 5.64. The molecule has 0 aromatic heterocycles. The van der Waals surface area contributed by atoms with Crippen LogP contribution in [0.3, 0.4) is 0 Å². The van der Waals surface area contributed by atoms with Gasteiger partial charge >= 0.3 is 0 Å². The van der Waals surface area contributed by atoms with Crippen LogP contribution in [0, 0.1) is 10.1 Å². The van der Waals surface area contributed by atoms with Gasteiger partial charge in [0.2, 0.25) is 6.54 Å². The van der Waals surface area contributed by atoms with Gasteiger partial charge in [-0.3, -0.25) is 10.1 Å². The van der Waals surface area contributed by atoms with Crippen molar-refractivity contribution < 1.29 is 14.0 Å². The largest absolute Gasteiger partial charge is 0.318 e. The molecule has 0 saturated carbocycles. The van der Waals surface area contributed by atoms with E-state index in [-0.39, 0.29) is 6.54 Å². The molecule has 21 heavy (non-hydrogen) atoms. The Labute approximate surface area is 134 Å². The summed E-state index contributed by atoms with van der Waals surface area (Å²) in [6.07, 6.45) is 0. The molecule has 118 valence electrons. The molecule has 9 heteroatoms. The summed E-state index contributed by atoms with van der Waals surface area (Å²) in [5, 5.41) is 14.3. The third kappa shape index (κ3) is 5.98. The Kier molecular flexibility index (Phi) is 7.73. The van der Waals surface area contributed by atoms with Gasteiger partial charge in [-0.1, -0.05) is 29.8 Å². The molecule has 0 heterocycles. The summed E-state index contributed by atoms with van der Waals surface area (Å²) in [5.41, 5.74) is 0.601. The maximum atomic E-state index is 10.9. The van der Waals surface area contributed by atoms with Crippen LogP contribution in [-0.4, -0.2) is 24.7 Å². The minimum absolute atomic E-state index is 0.359. The van der Waals surface area contributed by atoms with Gasteiger partial charge in [-0.25, -0.2) is 5.09 Å². The molecule has 0 saturated heterocycles. The predicted octanol–water partition coefficient (Wildman–Crippen LogP) is 3.54. The predicted molar refractivity (Wildman–Crippen MR) is 86.7 cm³/mol. The normalized spacial score (nSPS) is 13.1. The summed E-state index contributed by atoms with van der Waals surface area (Å²) in [7, 11) is 0. The van der Waals surface area contributed by atoms with Gasteiger partial charge < -0.3 is 9.05 Å². The highest BCUT2D eigenvalue weighted by Crippen LogP contribution is 2.46. The Morgan fingerprint density at radius 1 is 1.38 bits per heavy atom. The van der Waals surface area contributed by atoms with Crippen molar-refractivity contribution in [1.82, 2.24) is 5.09 Å². The van der Waals surface area contributed by atoms with Gasteiger partial charge in [-0.15, -0.1) is 0 Å². The zero-order valence-electron chi connectivity index (χ0n) is 11.8. The highest BCUT2D eigenvalue weighted by atomic mass is 35.5. The summed E-state index contributed by atoms with van der Waals surface area (Å²) in [6, 6.07) is 6.26. The topological polar surface area (TPSA) is 73.6 Å². The Morgan fingerprint density at radius 3 is 2.43 bits per heavy atom. The third-order valence-electron chi connectivity index (χ3n) is 2.52. The van der Waals surface area contributed by atoms with Crippen molar-refractivity contribution in [2.24, 2.45) is 0 Å². The van der Waals surface area contributed by atoms with Crippen LogP contribution in [-0.2, 0) is 20.9 Å². The molecule has 0 aliphatic carbocycles. The van der Waals surface area contributed by atoms with Crippen LogP contribution >= 0.6 is 18.2 Å². The highest BCUT2D eigenvalue weighted by molar-refractivity contribution is 8.08. The van der Waals surface area contributed by atoms with Crippen molar-refractivity contribution in [2.45, 2.75) is 19.9 Å². The van der Waals surface area contributed by atoms with Crippen molar-refractivity contribution in [3.8, 4) is 0 Å². The zero-order chi connectivity index (χ0) is 15.9. The van der Waals surface area contributed by atoms with Gasteiger partial charge in [-0.2, -0.15) is 0 Å². The van der Waals surface area contributed by atoms with Crippen LogP contribution in [0.5, 0.6) is 0 Å². The van der Waals surface area contributed by atoms with Crippen LogP contribution < -0.4 is 5.09 Å². The maximum absolute atomic E-state index is 10.9. The molecule has 1 aromatic rings. The second kappa shape index (κ2) is 8.78. The van der Waals surface area contributed by atoms with Gasteiger partial charge in [0.25, 0.3) is 6.64 Å². The van der Waals surface area contributed by atoms with Gasteiger partial charge in [0.05, 0.1) is 13.2 Å². The molecule has 1 aromatic carbocycles. The lowest BCUT2D eigenvalue weighted by molar-refractivity contribution is -0.484. The number of nitrogens with one attached hydrogen (secondary N) is 1. The molecule has 0 radical (unpaired) electrons. The van der Waals surface area contributed by atoms with E-state index in [2.05, 4.69) is 5.09 Å². The van der Waals surface area contributed by atoms with Gasteiger partial charge in [0.15, 0.2) is 0 Å². The molecule has 0 unspecified atom stereocenters. The first-order chi connectivity index (χ1) is 9.91. The molecule has 1 rings (SSSR count). The summed E-state index contributed by atoms with van der Waals surface area (Å²) in [4.78, 5) is 10.5. The van der Waals surface area contributed by atoms with Crippen LogP contribution in [0.4, 0.5) is 0 Å².